The van der Waals surface area contributed by atoms with E-state index in [9.17, 15) is 4.79 Å². The molecular weight excluding hydrogens is 162 g/mol. The van der Waals surface area contributed by atoms with Crippen molar-refractivity contribution >= 4 is 17.7 Å². The van der Waals surface area contributed by atoms with Gasteiger partial charge in [0.2, 0.25) is 0 Å². The van der Waals surface area contributed by atoms with Crippen molar-refractivity contribution in [1.29, 1.82) is 0 Å². The second-order valence-electron chi connectivity index (χ2n) is 2.56. The van der Waals surface area contributed by atoms with Crippen LogP contribution >= 0.6 is 11.9 Å². The molecule has 1 saturated heterocycles. The Kier molecular flexibility index (Phi) is 2.89. The van der Waals surface area contributed by atoms with Crippen molar-refractivity contribution in [2.75, 3.05) is 6.26 Å². The fourth-order valence-corrected chi connectivity index (χ4v) is 1.57. The van der Waals surface area contributed by atoms with Crippen molar-refractivity contribution < 1.29 is 4.79 Å². The first-order chi connectivity index (χ1) is 5.16. The van der Waals surface area contributed by atoms with Gasteiger partial charge in [-0.3, -0.25) is 4.79 Å². The van der Waals surface area contributed by atoms with Crippen molar-refractivity contribution in [3.8, 4) is 0 Å². The summed E-state index contributed by atoms with van der Waals surface area (Å²) in [6.45, 7) is 3.74. The molecule has 0 spiro atoms. The van der Waals surface area contributed by atoms with Crippen LogP contribution in [0.5, 0.6) is 0 Å². The Hall–Kier alpha value is -0.100. The smallest absolute Gasteiger partial charge is 0.170 e. The van der Waals surface area contributed by atoms with Crippen LogP contribution in [0.25, 0.3) is 0 Å². The summed E-state index contributed by atoms with van der Waals surface area (Å²) in [6, 6.07) is -0.144. The molecule has 5 heteroatoms. The van der Waals surface area contributed by atoms with E-state index >= 15 is 0 Å². The Morgan fingerprint density at radius 1 is 1.55 bits per heavy atom. The predicted octanol–water partition coefficient (Wildman–Crippen LogP) is -0.0647. The summed E-state index contributed by atoms with van der Waals surface area (Å²) in [5.41, 5.74) is 5.79. The number of nitrogens with one attached hydrogen (secondary N) is 2. The van der Waals surface area contributed by atoms with Crippen LogP contribution in [0.15, 0.2) is 0 Å². The molecule has 1 heterocycles. The number of carbonyl (C=O) groups is 1. The third-order valence-corrected chi connectivity index (χ3v) is 2.58. The van der Waals surface area contributed by atoms with Gasteiger partial charge in [0.15, 0.2) is 5.78 Å². The van der Waals surface area contributed by atoms with E-state index < -0.39 is 0 Å². The largest absolute Gasteiger partial charge is 0.296 e. The van der Waals surface area contributed by atoms with Crippen molar-refractivity contribution in [3.63, 3.8) is 0 Å². The van der Waals surface area contributed by atoms with Crippen LogP contribution in [0.3, 0.4) is 0 Å². The van der Waals surface area contributed by atoms with Gasteiger partial charge in [-0.2, -0.15) is 9.95 Å². The molecule has 2 N–H and O–H groups in total. The molecule has 0 radical (unpaired) electrons. The molecule has 1 rings (SSSR count). The number of carbonyl (C=O) groups excluding carboxylic acids is 1. The molecule has 11 heavy (non-hydrogen) atoms. The number of rotatable bonds is 1. The van der Waals surface area contributed by atoms with E-state index in [0.29, 0.717) is 0 Å². The van der Waals surface area contributed by atoms with Crippen molar-refractivity contribution in [2.45, 2.75) is 25.9 Å². The highest BCUT2D eigenvalue weighted by Gasteiger charge is 2.29. The third kappa shape index (κ3) is 1.73. The van der Waals surface area contributed by atoms with Gasteiger partial charge in [0.25, 0.3) is 0 Å². The average Bonchev–Trinajstić information content (AvgIpc) is 2.01. The Bertz CT molecular complexity index is 164. The summed E-state index contributed by atoms with van der Waals surface area (Å²) in [4.78, 5) is 11.3. The highest BCUT2D eigenvalue weighted by molar-refractivity contribution is 7.96. The molecule has 0 aromatic carbocycles. The summed E-state index contributed by atoms with van der Waals surface area (Å²) in [5.74, 6) is 0.220. The lowest BCUT2D eigenvalue weighted by Gasteiger charge is -2.34. The summed E-state index contributed by atoms with van der Waals surface area (Å²) >= 11 is 1.50. The molecule has 4 nitrogen and oxygen atoms in total. The topological polar surface area (TPSA) is 44.4 Å². The first-order valence-electron chi connectivity index (χ1n) is 3.55. The third-order valence-electron chi connectivity index (χ3n) is 1.78. The molecular formula is C6H13N3OS. The quantitative estimate of drug-likeness (QED) is 0.546. The number of ketones is 1. The molecule has 0 aromatic heterocycles. The van der Waals surface area contributed by atoms with E-state index in [0.717, 1.165) is 0 Å². The maximum atomic E-state index is 11.3. The molecule has 1 aliphatic heterocycles. The molecule has 2 atom stereocenters. The lowest BCUT2D eigenvalue weighted by molar-refractivity contribution is -0.128. The van der Waals surface area contributed by atoms with Crippen molar-refractivity contribution in [2.24, 2.45) is 0 Å². The van der Waals surface area contributed by atoms with Gasteiger partial charge in [-0.1, -0.05) is 11.9 Å². The number of hydrogen-bond donors (Lipinski definition) is 2. The van der Waals surface area contributed by atoms with Crippen LogP contribution in [-0.2, 0) is 4.79 Å². The van der Waals surface area contributed by atoms with E-state index in [1.807, 2.05) is 20.1 Å². The Morgan fingerprint density at radius 3 is 2.73 bits per heavy atom. The van der Waals surface area contributed by atoms with Crippen LogP contribution in [0.2, 0.25) is 0 Å². The second-order valence-corrected chi connectivity index (χ2v) is 3.32. The molecule has 0 amide bonds. The minimum atomic E-state index is -0.0894. The van der Waals surface area contributed by atoms with E-state index in [1.165, 1.54) is 11.9 Å². The highest BCUT2D eigenvalue weighted by atomic mass is 32.2. The van der Waals surface area contributed by atoms with Gasteiger partial charge in [-0.25, -0.2) is 5.43 Å². The summed E-state index contributed by atoms with van der Waals surface area (Å²) in [6.07, 6.45) is 1.93. The monoisotopic (exact) mass is 175 g/mol. The van der Waals surface area contributed by atoms with Gasteiger partial charge < -0.3 is 0 Å². The molecule has 1 aliphatic rings. The standard InChI is InChI=1S/C6H13N3OS/c1-4-6(10)5(2)9(11-3)8-7-4/h4-5,7-8H,1-3H3. The number of nitrogens with zero attached hydrogens (tertiary/aromatic N) is 1. The van der Waals surface area contributed by atoms with Crippen LogP contribution in [-0.4, -0.2) is 28.5 Å². The zero-order valence-corrected chi connectivity index (χ0v) is 7.73. The summed E-state index contributed by atoms with van der Waals surface area (Å²) in [5, 5.41) is 0. The molecule has 1 fully saturated rings. The predicted molar refractivity (Wildman–Crippen MR) is 45.6 cm³/mol. The SMILES string of the molecule is CSN1NNC(C)C(=O)C1C. The van der Waals surface area contributed by atoms with E-state index in [2.05, 4.69) is 11.0 Å². The van der Waals surface area contributed by atoms with Crippen LogP contribution in [0.4, 0.5) is 0 Å². The maximum Gasteiger partial charge on any atom is 0.170 e. The minimum absolute atomic E-state index is 0.0544. The van der Waals surface area contributed by atoms with Gasteiger partial charge in [0.05, 0.1) is 12.1 Å². The lowest BCUT2D eigenvalue weighted by Crippen LogP contribution is -2.62. The summed E-state index contributed by atoms with van der Waals surface area (Å²) in [7, 11) is 0. The van der Waals surface area contributed by atoms with Gasteiger partial charge in [0, 0.05) is 0 Å². The molecule has 0 bridgehead atoms. The Balaban J connectivity index is 2.59. The lowest BCUT2D eigenvalue weighted by atomic mass is 10.1. The average molecular weight is 175 g/mol. The summed E-state index contributed by atoms with van der Waals surface area (Å²) < 4.78 is 1.79. The van der Waals surface area contributed by atoms with E-state index in [1.54, 1.807) is 4.41 Å². The molecule has 0 saturated carbocycles. The van der Waals surface area contributed by atoms with Crippen molar-refractivity contribution in [3.05, 3.63) is 0 Å². The van der Waals surface area contributed by atoms with Gasteiger partial charge >= 0.3 is 0 Å². The first kappa shape index (κ1) is 8.99. The highest BCUT2D eigenvalue weighted by Crippen LogP contribution is 2.12. The van der Waals surface area contributed by atoms with Crippen LogP contribution < -0.4 is 11.0 Å². The van der Waals surface area contributed by atoms with Crippen LogP contribution in [0.1, 0.15) is 13.8 Å². The Labute approximate surface area is 70.8 Å². The minimum Gasteiger partial charge on any atom is -0.296 e. The van der Waals surface area contributed by atoms with E-state index in [4.69, 9.17) is 0 Å². The number of hydrazine groups is 2. The zero-order chi connectivity index (χ0) is 8.43. The molecule has 64 valence electrons. The molecule has 0 aliphatic carbocycles. The fraction of sp³-hybridized carbons (Fsp3) is 0.833. The molecule has 2 unspecified atom stereocenters. The first-order valence-corrected chi connectivity index (χ1v) is 4.73. The van der Waals surface area contributed by atoms with Gasteiger partial charge in [-0.15, -0.1) is 0 Å². The van der Waals surface area contributed by atoms with Crippen LogP contribution in [0, 0.1) is 0 Å². The molecule has 0 aromatic rings. The normalized spacial score (nSPS) is 34.3. The fourth-order valence-electron chi connectivity index (χ4n) is 1.01. The number of hydrogen-bond acceptors (Lipinski definition) is 5. The second kappa shape index (κ2) is 3.53. The van der Waals surface area contributed by atoms with Gasteiger partial charge in [-0.05, 0) is 20.1 Å². The number of Topliss-reactive ketones (excluding diaryl/α,β-unsaturated/α-hetero) is 1. The van der Waals surface area contributed by atoms with Crippen molar-refractivity contribution in [1.82, 2.24) is 15.4 Å². The maximum absolute atomic E-state index is 11.3. The Morgan fingerprint density at radius 2 is 2.18 bits per heavy atom. The van der Waals surface area contributed by atoms with Gasteiger partial charge in [0.1, 0.15) is 0 Å². The van der Waals surface area contributed by atoms with E-state index in [-0.39, 0.29) is 17.9 Å². The zero-order valence-electron chi connectivity index (χ0n) is 6.92.